The van der Waals surface area contributed by atoms with Crippen molar-refractivity contribution in [1.29, 1.82) is 0 Å². The summed E-state index contributed by atoms with van der Waals surface area (Å²) in [6, 6.07) is 7.35. The van der Waals surface area contributed by atoms with Crippen LogP contribution in [0.1, 0.15) is 19.4 Å². The molecule has 1 aromatic carbocycles. The van der Waals surface area contributed by atoms with Crippen molar-refractivity contribution >= 4 is 11.7 Å². The summed E-state index contributed by atoms with van der Waals surface area (Å²) in [5.41, 5.74) is 4.01. The summed E-state index contributed by atoms with van der Waals surface area (Å²) in [5, 5.41) is 0. The van der Waals surface area contributed by atoms with E-state index in [2.05, 4.69) is 12.7 Å². The number of nitrogens with zero attached hydrogens (tertiary/aromatic N) is 1. The summed E-state index contributed by atoms with van der Waals surface area (Å²) in [6.45, 7) is 7.43. The summed E-state index contributed by atoms with van der Waals surface area (Å²) in [6.07, 6.45) is 5.17. The van der Waals surface area contributed by atoms with Crippen LogP contribution in [0.2, 0.25) is 0 Å². The summed E-state index contributed by atoms with van der Waals surface area (Å²) in [7, 11) is 1.96. The summed E-state index contributed by atoms with van der Waals surface area (Å²) in [5.74, 6) is 0.223. The van der Waals surface area contributed by atoms with Crippen molar-refractivity contribution in [3.8, 4) is 5.75 Å². The second-order valence-electron chi connectivity index (χ2n) is 4.44. The van der Waals surface area contributed by atoms with Crippen LogP contribution < -0.4 is 4.74 Å². The number of rotatable bonds is 2. The molecule has 0 atom stereocenters. The predicted molar refractivity (Wildman–Crippen MR) is 75.1 cm³/mol. The minimum atomic E-state index is -0.319. The normalized spacial score (nSPS) is 14.2. The minimum absolute atomic E-state index is 0. The summed E-state index contributed by atoms with van der Waals surface area (Å²) in [4.78, 5) is 12.9. The molecule has 1 aliphatic heterocycles. The molecule has 1 aromatic rings. The van der Waals surface area contributed by atoms with Gasteiger partial charge in [0.25, 0.3) is 0 Å². The third-order valence-corrected chi connectivity index (χ3v) is 3.01. The first-order valence-corrected chi connectivity index (χ1v) is 6.01. The zero-order valence-corrected chi connectivity index (χ0v) is 14.8. The van der Waals surface area contributed by atoms with Crippen LogP contribution >= 0.6 is 0 Å². The van der Waals surface area contributed by atoms with Gasteiger partial charge >= 0.3 is 5.97 Å². The number of ether oxygens (including phenoxy) is 1. The largest absolute Gasteiger partial charge is 0.427 e. The fourth-order valence-electron chi connectivity index (χ4n) is 1.88. The van der Waals surface area contributed by atoms with Gasteiger partial charge in [0, 0.05) is 46.7 Å². The van der Waals surface area contributed by atoms with Gasteiger partial charge in [-0.25, -0.2) is 0 Å². The Labute approximate surface area is 144 Å². The van der Waals surface area contributed by atoms with Gasteiger partial charge in [0.15, 0.2) is 0 Å². The number of carbonyl (C=O) groups excluding carboxylic acids is 1. The Balaban J connectivity index is 0.00000200. The fourth-order valence-corrected chi connectivity index (χ4v) is 1.88. The van der Waals surface area contributed by atoms with Crippen LogP contribution in [0.25, 0.3) is 5.70 Å². The minimum Gasteiger partial charge on any atom is -0.427 e. The SMILES string of the molecule is C=C1C(C)=C[C-]=C(c2ccc(OC(C)=O)cc2)N1C.[Y]. The molecule has 1 heterocycles. The van der Waals surface area contributed by atoms with Crippen LogP contribution in [0.15, 0.2) is 48.2 Å². The molecular weight excluding hydrogens is 327 g/mol. The maximum Gasteiger partial charge on any atom is 0.308 e. The van der Waals surface area contributed by atoms with E-state index in [-0.39, 0.29) is 38.7 Å². The van der Waals surface area contributed by atoms with E-state index >= 15 is 0 Å². The van der Waals surface area contributed by atoms with Gasteiger partial charge in [-0.1, -0.05) is 24.8 Å². The van der Waals surface area contributed by atoms with E-state index in [1.807, 2.05) is 37.1 Å². The number of allylic oxidation sites excluding steroid dienone is 3. The van der Waals surface area contributed by atoms with Gasteiger partial charge in [0.2, 0.25) is 0 Å². The molecule has 3 nitrogen and oxygen atoms in total. The van der Waals surface area contributed by atoms with Crippen LogP contribution in [-0.2, 0) is 37.5 Å². The molecule has 4 heteroatoms. The maximum absolute atomic E-state index is 10.9. The molecule has 101 valence electrons. The van der Waals surface area contributed by atoms with Gasteiger partial charge in [0.1, 0.15) is 5.75 Å². The number of hydrogen-bond acceptors (Lipinski definition) is 3. The number of likely N-dealkylation sites (N-methyl/N-ethyl adjacent to an activating group) is 1. The average Bonchev–Trinajstić information content (AvgIpc) is 2.37. The van der Waals surface area contributed by atoms with E-state index in [1.165, 1.54) is 6.92 Å². The molecule has 0 aromatic heterocycles. The molecule has 0 N–H and O–H groups in total. The molecular formula is C16H16NO2Y-. The van der Waals surface area contributed by atoms with E-state index in [9.17, 15) is 4.79 Å². The third-order valence-electron chi connectivity index (χ3n) is 3.01. The smallest absolute Gasteiger partial charge is 0.308 e. The molecule has 2 rings (SSSR count). The molecule has 0 aliphatic carbocycles. The Morgan fingerprint density at radius 2 is 1.90 bits per heavy atom. The number of esters is 1. The zero-order valence-electron chi connectivity index (χ0n) is 11.9. The quantitative estimate of drug-likeness (QED) is 0.469. The van der Waals surface area contributed by atoms with Crippen LogP contribution in [0.5, 0.6) is 5.75 Å². The van der Waals surface area contributed by atoms with E-state index in [0.717, 1.165) is 22.5 Å². The van der Waals surface area contributed by atoms with Gasteiger partial charge < -0.3 is 9.64 Å². The maximum atomic E-state index is 10.9. The van der Waals surface area contributed by atoms with E-state index < -0.39 is 0 Å². The van der Waals surface area contributed by atoms with Gasteiger partial charge in [-0.15, -0.1) is 17.7 Å². The number of benzene rings is 1. The van der Waals surface area contributed by atoms with Crippen molar-refractivity contribution in [2.24, 2.45) is 0 Å². The van der Waals surface area contributed by atoms with E-state index in [1.54, 1.807) is 12.1 Å². The van der Waals surface area contributed by atoms with Gasteiger partial charge in [-0.3, -0.25) is 4.79 Å². The second kappa shape index (κ2) is 7.00. The Morgan fingerprint density at radius 3 is 2.45 bits per heavy atom. The topological polar surface area (TPSA) is 29.5 Å². The van der Waals surface area contributed by atoms with Crippen molar-refractivity contribution < 1.29 is 42.2 Å². The molecule has 0 spiro atoms. The summed E-state index contributed by atoms with van der Waals surface area (Å²) < 4.78 is 5.01. The first kappa shape index (κ1) is 16.9. The Morgan fingerprint density at radius 1 is 1.30 bits per heavy atom. The van der Waals surface area contributed by atoms with Gasteiger partial charge in [0.05, 0.1) is 0 Å². The van der Waals surface area contributed by atoms with Crippen LogP contribution in [0, 0.1) is 6.08 Å². The number of hydrogen-bond donors (Lipinski definition) is 0. The van der Waals surface area contributed by atoms with Crippen LogP contribution in [0.4, 0.5) is 0 Å². The molecule has 20 heavy (non-hydrogen) atoms. The molecule has 1 aliphatic rings. The fraction of sp³-hybridized carbons (Fsp3) is 0.188. The van der Waals surface area contributed by atoms with Crippen molar-refractivity contribution in [2.75, 3.05) is 7.05 Å². The molecule has 0 saturated carbocycles. The van der Waals surface area contributed by atoms with Crippen molar-refractivity contribution in [1.82, 2.24) is 4.90 Å². The summed E-state index contributed by atoms with van der Waals surface area (Å²) >= 11 is 0. The van der Waals surface area contributed by atoms with Crippen molar-refractivity contribution in [2.45, 2.75) is 13.8 Å². The standard InChI is InChI=1S/C16H16NO2.Y/c1-11-5-10-16(17(4)12(11)2)14-6-8-15(9-7-14)19-13(3)18;/h5-9H,2H2,1,3-4H3;/q-1;. The first-order valence-electron chi connectivity index (χ1n) is 6.01. The predicted octanol–water partition coefficient (Wildman–Crippen LogP) is 3.16. The second-order valence-corrected chi connectivity index (χ2v) is 4.44. The van der Waals surface area contributed by atoms with Gasteiger partial charge in [-0.05, 0) is 17.8 Å². The van der Waals surface area contributed by atoms with E-state index in [4.69, 9.17) is 4.74 Å². The Kier molecular flexibility index (Phi) is 5.91. The molecule has 0 fully saturated rings. The van der Waals surface area contributed by atoms with Crippen molar-refractivity contribution in [3.63, 3.8) is 0 Å². The van der Waals surface area contributed by atoms with Crippen molar-refractivity contribution in [3.05, 3.63) is 59.8 Å². The Hall–Kier alpha value is -1.19. The zero-order chi connectivity index (χ0) is 14.0. The molecule has 1 radical (unpaired) electrons. The van der Waals surface area contributed by atoms with Gasteiger partial charge in [-0.2, -0.15) is 12.2 Å². The van der Waals surface area contributed by atoms with Crippen LogP contribution in [0.3, 0.4) is 0 Å². The molecule has 0 unspecified atom stereocenters. The van der Waals surface area contributed by atoms with E-state index in [0.29, 0.717) is 5.75 Å². The monoisotopic (exact) mass is 343 g/mol. The Bertz CT molecular complexity index is 585. The molecule has 0 amide bonds. The number of carbonyl (C=O) groups is 1. The molecule has 0 saturated heterocycles. The molecule has 0 bridgehead atoms. The average molecular weight is 343 g/mol. The van der Waals surface area contributed by atoms with Crippen LogP contribution in [-0.4, -0.2) is 17.9 Å². The first-order chi connectivity index (χ1) is 8.99. The third kappa shape index (κ3) is 3.68.